The lowest BCUT2D eigenvalue weighted by Crippen LogP contribution is -2.25. The van der Waals surface area contributed by atoms with Crippen LogP contribution < -0.4 is 5.32 Å². The molecule has 0 aliphatic carbocycles. The predicted octanol–water partition coefficient (Wildman–Crippen LogP) is 1.57. The number of aliphatic hydroxyl groups excluding tert-OH is 1. The van der Waals surface area contributed by atoms with Gasteiger partial charge in [0.1, 0.15) is 12.4 Å². The summed E-state index contributed by atoms with van der Waals surface area (Å²) in [5.74, 6) is 0. The number of nitrogens with one attached hydrogen (secondary N) is 1. The summed E-state index contributed by atoms with van der Waals surface area (Å²) in [7, 11) is 0. The van der Waals surface area contributed by atoms with Gasteiger partial charge in [-0.15, -0.1) is 0 Å². The number of benzene rings is 1. The van der Waals surface area contributed by atoms with Crippen molar-refractivity contribution in [1.29, 1.82) is 0 Å². The van der Waals surface area contributed by atoms with E-state index in [-0.39, 0.29) is 12.2 Å². The van der Waals surface area contributed by atoms with Crippen LogP contribution in [-0.2, 0) is 6.54 Å². The lowest BCUT2D eigenvalue weighted by Gasteiger charge is -2.13. The number of hydrogen-bond donors (Lipinski definition) is 2. The van der Waals surface area contributed by atoms with Crippen molar-refractivity contribution in [3.63, 3.8) is 0 Å². The van der Waals surface area contributed by atoms with Gasteiger partial charge >= 0.3 is 5.69 Å². The van der Waals surface area contributed by atoms with Gasteiger partial charge in [0.25, 0.3) is 0 Å². The molecule has 7 nitrogen and oxygen atoms in total. The smallest absolute Gasteiger partial charge is 0.306 e. The zero-order chi connectivity index (χ0) is 14.5. The molecule has 1 aromatic heterocycles. The first kappa shape index (κ1) is 14.0. The highest BCUT2D eigenvalue weighted by molar-refractivity contribution is 5.45. The minimum absolute atomic E-state index is 0.0798. The molecule has 0 radical (unpaired) electrons. The van der Waals surface area contributed by atoms with Gasteiger partial charge in [-0.05, 0) is 24.6 Å². The van der Waals surface area contributed by atoms with Crippen molar-refractivity contribution in [3.05, 3.63) is 52.3 Å². The molecule has 0 saturated carbocycles. The lowest BCUT2D eigenvalue weighted by atomic mass is 10.2. The number of rotatable bonds is 6. The minimum Gasteiger partial charge on any atom is -0.389 e. The van der Waals surface area contributed by atoms with Crippen LogP contribution in [-0.4, -0.2) is 32.5 Å². The molecule has 2 rings (SSSR count). The third-order valence-electron chi connectivity index (χ3n) is 2.79. The molecule has 106 valence electrons. The highest BCUT2D eigenvalue weighted by Gasteiger charge is 2.11. The number of anilines is 1. The van der Waals surface area contributed by atoms with Crippen molar-refractivity contribution in [2.75, 3.05) is 11.9 Å². The van der Waals surface area contributed by atoms with Crippen LogP contribution in [0.15, 0.2) is 36.7 Å². The van der Waals surface area contributed by atoms with E-state index in [4.69, 9.17) is 0 Å². The quantitative estimate of drug-likeness (QED) is 0.617. The molecule has 1 aromatic carbocycles. The van der Waals surface area contributed by atoms with Gasteiger partial charge < -0.3 is 10.4 Å². The van der Waals surface area contributed by atoms with Gasteiger partial charge in [-0.1, -0.05) is 12.1 Å². The fourth-order valence-corrected chi connectivity index (χ4v) is 1.82. The second-order valence-electron chi connectivity index (χ2n) is 4.58. The summed E-state index contributed by atoms with van der Waals surface area (Å²) < 4.78 is 1.36. The van der Waals surface area contributed by atoms with Crippen LogP contribution in [0.4, 0.5) is 11.4 Å². The standard InChI is InChI=1S/C13H16N4O3/c1-10-3-2-4-11(5-10)14-7-13(18)9-16-8-12(6-15-16)17(19)20/h2-6,8,13-14,18H,7,9H2,1H3. The van der Waals surface area contributed by atoms with Crippen LogP contribution in [0.2, 0.25) is 0 Å². The Morgan fingerprint density at radius 3 is 3.00 bits per heavy atom. The SMILES string of the molecule is Cc1cccc(NCC(O)Cn2cc([N+](=O)[O-])cn2)c1. The molecule has 0 aliphatic rings. The monoisotopic (exact) mass is 276 g/mol. The molecule has 2 N–H and O–H groups in total. The average molecular weight is 276 g/mol. The van der Waals surface area contributed by atoms with Crippen LogP contribution in [0, 0.1) is 17.0 Å². The van der Waals surface area contributed by atoms with E-state index < -0.39 is 11.0 Å². The van der Waals surface area contributed by atoms with E-state index in [0.29, 0.717) is 6.54 Å². The minimum atomic E-state index is -0.685. The number of hydrogen-bond acceptors (Lipinski definition) is 5. The average Bonchev–Trinajstić information content (AvgIpc) is 2.85. The molecule has 1 unspecified atom stereocenters. The molecule has 0 aliphatic heterocycles. The van der Waals surface area contributed by atoms with Crippen molar-refractivity contribution in [2.45, 2.75) is 19.6 Å². The maximum atomic E-state index is 10.5. The topological polar surface area (TPSA) is 93.2 Å². The number of aliphatic hydroxyl groups is 1. The summed E-state index contributed by atoms with van der Waals surface area (Å²) in [5, 5.41) is 27.4. The fraction of sp³-hybridized carbons (Fsp3) is 0.308. The number of aryl methyl sites for hydroxylation is 1. The number of nitro groups is 1. The summed E-state index contributed by atoms with van der Waals surface area (Å²) in [6.45, 7) is 2.54. The van der Waals surface area contributed by atoms with E-state index in [9.17, 15) is 15.2 Å². The Balaban J connectivity index is 1.85. The van der Waals surface area contributed by atoms with Crippen LogP contribution >= 0.6 is 0 Å². The van der Waals surface area contributed by atoms with Gasteiger partial charge in [0.05, 0.1) is 17.6 Å². The summed E-state index contributed by atoms with van der Waals surface area (Å²) >= 11 is 0. The van der Waals surface area contributed by atoms with Crippen molar-refractivity contribution in [1.82, 2.24) is 9.78 Å². The molecule has 0 fully saturated rings. The second kappa shape index (κ2) is 6.16. The zero-order valence-corrected chi connectivity index (χ0v) is 11.1. The third kappa shape index (κ3) is 3.79. The molecular weight excluding hydrogens is 260 g/mol. The van der Waals surface area contributed by atoms with E-state index in [1.54, 1.807) is 0 Å². The Morgan fingerprint density at radius 2 is 2.35 bits per heavy atom. The highest BCUT2D eigenvalue weighted by Crippen LogP contribution is 2.10. The van der Waals surface area contributed by atoms with Crippen molar-refractivity contribution >= 4 is 11.4 Å². The molecule has 2 aromatic rings. The molecule has 1 heterocycles. The molecule has 20 heavy (non-hydrogen) atoms. The van der Waals surface area contributed by atoms with E-state index in [1.165, 1.54) is 17.1 Å². The van der Waals surface area contributed by atoms with E-state index >= 15 is 0 Å². The lowest BCUT2D eigenvalue weighted by molar-refractivity contribution is -0.385. The van der Waals surface area contributed by atoms with Gasteiger partial charge in [-0.25, -0.2) is 0 Å². The van der Waals surface area contributed by atoms with Crippen LogP contribution in [0.1, 0.15) is 5.56 Å². The van der Waals surface area contributed by atoms with Crippen molar-refractivity contribution in [2.24, 2.45) is 0 Å². The van der Waals surface area contributed by atoms with E-state index in [0.717, 1.165) is 11.3 Å². The molecular formula is C13H16N4O3. The fourth-order valence-electron chi connectivity index (χ4n) is 1.82. The molecule has 0 amide bonds. The Bertz CT molecular complexity index is 597. The molecule has 1 atom stereocenters. The number of nitrogens with zero attached hydrogens (tertiary/aromatic N) is 3. The van der Waals surface area contributed by atoms with Crippen LogP contribution in [0.5, 0.6) is 0 Å². The van der Waals surface area contributed by atoms with E-state index in [1.807, 2.05) is 31.2 Å². The second-order valence-corrected chi connectivity index (χ2v) is 4.58. The Labute approximate surface area is 116 Å². The Hall–Kier alpha value is -2.41. The Kier molecular flexibility index (Phi) is 4.31. The normalized spacial score (nSPS) is 12.1. The summed E-state index contributed by atoms with van der Waals surface area (Å²) in [6.07, 6.45) is 1.78. The number of aromatic nitrogens is 2. The van der Waals surface area contributed by atoms with Gasteiger partial charge in [0.15, 0.2) is 0 Å². The molecule has 0 bridgehead atoms. The summed E-state index contributed by atoms with van der Waals surface area (Å²) in [5.41, 5.74) is 1.98. The van der Waals surface area contributed by atoms with Crippen molar-refractivity contribution < 1.29 is 10.0 Å². The molecule has 0 spiro atoms. The van der Waals surface area contributed by atoms with Crippen molar-refractivity contribution in [3.8, 4) is 0 Å². The first-order valence-electron chi connectivity index (χ1n) is 6.20. The van der Waals surface area contributed by atoms with Gasteiger partial charge in [-0.3, -0.25) is 14.8 Å². The van der Waals surface area contributed by atoms with Gasteiger partial charge in [0, 0.05) is 12.2 Å². The maximum Gasteiger partial charge on any atom is 0.306 e. The van der Waals surface area contributed by atoms with Crippen LogP contribution in [0.3, 0.4) is 0 Å². The molecule has 0 saturated heterocycles. The molecule has 7 heteroatoms. The third-order valence-corrected chi connectivity index (χ3v) is 2.79. The van der Waals surface area contributed by atoms with E-state index in [2.05, 4.69) is 10.4 Å². The summed E-state index contributed by atoms with van der Waals surface area (Å²) in [4.78, 5) is 10.0. The van der Waals surface area contributed by atoms with Gasteiger partial charge in [-0.2, -0.15) is 5.10 Å². The summed E-state index contributed by atoms with van der Waals surface area (Å²) in [6, 6.07) is 7.81. The highest BCUT2D eigenvalue weighted by atomic mass is 16.6. The zero-order valence-electron chi connectivity index (χ0n) is 11.1. The Morgan fingerprint density at radius 1 is 1.55 bits per heavy atom. The maximum absolute atomic E-state index is 10.5. The first-order valence-corrected chi connectivity index (χ1v) is 6.20. The first-order chi connectivity index (χ1) is 9.54. The largest absolute Gasteiger partial charge is 0.389 e. The van der Waals surface area contributed by atoms with Crippen LogP contribution in [0.25, 0.3) is 0 Å². The predicted molar refractivity (Wildman–Crippen MR) is 74.6 cm³/mol. The van der Waals surface area contributed by atoms with Gasteiger partial charge in [0.2, 0.25) is 0 Å².